The minimum absolute atomic E-state index is 0.0764. The maximum absolute atomic E-state index is 13.2. The average molecular weight is 427 g/mol. The number of likely N-dealkylation sites (tertiary alicyclic amines) is 1. The van der Waals surface area contributed by atoms with Gasteiger partial charge in [-0.15, -0.1) is 0 Å². The summed E-state index contributed by atoms with van der Waals surface area (Å²) in [5, 5.41) is 0. The molecule has 1 aromatic rings. The Hall–Kier alpha value is -2.71. The van der Waals surface area contributed by atoms with Gasteiger partial charge in [0.05, 0.1) is 11.9 Å². The molecule has 166 valence electrons. The number of amides is 4. The number of aromatic nitrogens is 2. The number of aryl methyl sites for hydroxylation is 1. The van der Waals surface area contributed by atoms with Crippen molar-refractivity contribution < 1.29 is 14.4 Å². The Morgan fingerprint density at radius 3 is 2.48 bits per heavy atom. The van der Waals surface area contributed by atoms with Gasteiger partial charge in [-0.05, 0) is 38.0 Å². The summed E-state index contributed by atoms with van der Waals surface area (Å²) in [5.74, 6) is 0.937. The fraction of sp³-hybridized carbons (Fsp3) is 0.682. The first-order chi connectivity index (χ1) is 15.0. The third-order valence-corrected chi connectivity index (χ3v) is 7.29. The van der Waals surface area contributed by atoms with E-state index in [9.17, 15) is 14.4 Å². The van der Waals surface area contributed by atoms with Crippen LogP contribution < -0.4 is 0 Å². The van der Waals surface area contributed by atoms with Crippen LogP contribution >= 0.6 is 0 Å². The first kappa shape index (κ1) is 20.2. The molecule has 2 unspecified atom stereocenters. The van der Waals surface area contributed by atoms with Crippen LogP contribution in [0.5, 0.6) is 0 Å². The van der Waals surface area contributed by atoms with E-state index >= 15 is 0 Å². The van der Waals surface area contributed by atoms with E-state index in [0.29, 0.717) is 62.1 Å². The van der Waals surface area contributed by atoms with E-state index in [-0.39, 0.29) is 11.9 Å². The molecule has 4 saturated heterocycles. The molecule has 0 N–H and O–H groups in total. The molecule has 9 nitrogen and oxygen atoms in total. The molecule has 4 aliphatic rings. The van der Waals surface area contributed by atoms with E-state index in [1.54, 1.807) is 11.1 Å². The molecule has 1 aromatic heterocycles. The van der Waals surface area contributed by atoms with Gasteiger partial charge in [0, 0.05) is 64.5 Å². The van der Waals surface area contributed by atoms with Crippen molar-refractivity contribution >= 4 is 17.8 Å². The van der Waals surface area contributed by atoms with Crippen LogP contribution in [-0.4, -0.2) is 99.3 Å². The molecular formula is C22H30N6O3. The molecule has 5 heterocycles. The van der Waals surface area contributed by atoms with Crippen molar-refractivity contribution in [2.75, 3.05) is 45.8 Å². The molecule has 9 heteroatoms. The number of hydrogen-bond donors (Lipinski definition) is 0. The summed E-state index contributed by atoms with van der Waals surface area (Å²) in [6, 6.07) is 0.380. The number of rotatable bonds is 1. The quantitative estimate of drug-likeness (QED) is 0.668. The molecule has 3 atom stereocenters. The number of carbonyl (C=O) groups is 3. The van der Waals surface area contributed by atoms with Crippen LogP contribution in [0, 0.1) is 18.8 Å². The second-order valence-electron chi connectivity index (χ2n) is 9.38. The van der Waals surface area contributed by atoms with Crippen molar-refractivity contribution in [3.8, 4) is 0 Å². The lowest BCUT2D eigenvalue weighted by atomic mass is 9.76. The summed E-state index contributed by atoms with van der Waals surface area (Å²) < 4.78 is 0. The SMILES string of the molecule is Cc1cnc(C(=O)N2CCN(C(=O)N3CC4CC(C3)[C@H]3CCCC(=O)N3C4)CC2)cn1. The van der Waals surface area contributed by atoms with Crippen LogP contribution in [0.1, 0.15) is 41.9 Å². The van der Waals surface area contributed by atoms with Crippen LogP contribution in [0.15, 0.2) is 12.4 Å². The second kappa shape index (κ2) is 8.09. The highest BCUT2D eigenvalue weighted by Crippen LogP contribution is 2.38. The molecule has 31 heavy (non-hydrogen) atoms. The molecule has 0 saturated carbocycles. The number of fused-ring (bicyclic) bond motifs is 4. The lowest BCUT2D eigenvalue weighted by Crippen LogP contribution is -2.63. The summed E-state index contributed by atoms with van der Waals surface area (Å²) in [7, 11) is 0. The fourth-order valence-electron chi connectivity index (χ4n) is 5.73. The van der Waals surface area contributed by atoms with Crippen molar-refractivity contribution in [3.05, 3.63) is 23.8 Å². The van der Waals surface area contributed by atoms with Crippen LogP contribution in [0.25, 0.3) is 0 Å². The molecule has 2 bridgehead atoms. The molecular weight excluding hydrogens is 396 g/mol. The largest absolute Gasteiger partial charge is 0.339 e. The van der Waals surface area contributed by atoms with Gasteiger partial charge >= 0.3 is 6.03 Å². The van der Waals surface area contributed by atoms with Crippen LogP contribution in [-0.2, 0) is 4.79 Å². The molecule has 4 amide bonds. The Labute approximate surface area is 182 Å². The smallest absolute Gasteiger partial charge is 0.320 e. The Morgan fingerprint density at radius 1 is 0.968 bits per heavy atom. The van der Waals surface area contributed by atoms with Gasteiger partial charge in [0.1, 0.15) is 5.69 Å². The lowest BCUT2D eigenvalue weighted by Gasteiger charge is -2.53. The molecule has 0 aromatic carbocycles. The standard InChI is InChI=1S/C22H30N6O3/c1-15-10-24-18(11-23-15)21(30)25-5-7-26(8-6-25)22(31)27-12-16-9-17(14-27)19-3-2-4-20(29)28(19)13-16/h10-11,16-17,19H,2-9,12-14H2,1H3/t16?,17?,19-/m1/s1. The molecule has 0 spiro atoms. The highest BCUT2D eigenvalue weighted by molar-refractivity contribution is 5.92. The molecule has 5 rings (SSSR count). The fourth-order valence-corrected chi connectivity index (χ4v) is 5.73. The second-order valence-corrected chi connectivity index (χ2v) is 9.38. The van der Waals surface area contributed by atoms with Crippen molar-refractivity contribution in [2.45, 2.75) is 38.6 Å². The van der Waals surface area contributed by atoms with E-state index in [2.05, 4.69) is 14.9 Å². The topological polar surface area (TPSA) is 90.0 Å². The molecule has 4 aliphatic heterocycles. The maximum atomic E-state index is 13.2. The van der Waals surface area contributed by atoms with Gasteiger partial charge in [0.2, 0.25) is 5.91 Å². The monoisotopic (exact) mass is 426 g/mol. The number of hydrogen-bond acceptors (Lipinski definition) is 5. The van der Waals surface area contributed by atoms with Crippen LogP contribution in [0.3, 0.4) is 0 Å². The van der Waals surface area contributed by atoms with Crippen LogP contribution in [0.4, 0.5) is 4.79 Å². The van der Waals surface area contributed by atoms with Gasteiger partial charge in [-0.1, -0.05) is 0 Å². The van der Waals surface area contributed by atoms with Crippen molar-refractivity contribution in [2.24, 2.45) is 11.8 Å². The summed E-state index contributed by atoms with van der Waals surface area (Å²) in [4.78, 5) is 54.3. The number of carbonyl (C=O) groups excluding carboxylic acids is 3. The van der Waals surface area contributed by atoms with E-state index in [1.807, 2.05) is 16.7 Å². The number of piperazine rings is 1. The first-order valence-electron chi connectivity index (χ1n) is 11.4. The Morgan fingerprint density at radius 2 is 1.74 bits per heavy atom. The van der Waals surface area contributed by atoms with Crippen LogP contribution in [0.2, 0.25) is 0 Å². The summed E-state index contributed by atoms with van der Waals surface area (Å²) >= 11 is 0. The predicted molar refractivity (Wildman–Crippen MR) is 112 cm³/mol. The number of piperidine rings is 3. The lowest BCUT2D eigenvalue weighted by molar-refractivity contribution is -0.144. The van der Waals surface area contributed by atoms with E-state index < -0.39 is 0 Å². The average Bonchev–Trinajstić information content (AvgIpc) is 2.79. The zero-order chi connectivity index (χ0) is 21.5. The van der Waals surface area contributed by atoms with E-state index in [4.69, 9.17) is 0 Å². The Balaban J connectivity index is 1.18. The summed E-state index contributed by atoms with van der Waals surface area (Å²) in [5.41, 5.74) is 1.12. The first-order valence-corrected chi connectivity index (χ1v) is 11.4. The minimum atomic E-state index is -0.130. The highest BCUT2D eigenvalue weighted by Gasteiger charge is 2.45. The summed E-state index contributed by atoms with van der Waals surface area (Å²) in [6.07, 6.45) is 6.94. The van der Waals surface area contributed by atoms with E-state index in [0.717, 1.165) is 44.6 Å². The van der Waals surface area contributed by atoms with Gasteiger partial charge in [-0.25, -0.2) is 9.78 Å². The predicted octanol–water partition coefficient (Wildman–Crippen LogP) is 0.996. The van der Waals surface area contributed by atoms with Gasteiger partial charge in [-0.3, -0.25) is 14.6 Å². The third kappa shape index (κ3) is 3.85. The maximum Gasteiger partial charge on any atom is 0.320 e. The minimum Gasteiger partial charge on any atom is -0.339 e. The van der Waals surface area contributed by atoms with Gasteiger partial charge in [0.25, 0.3) is 5.91 Å². The Bertz CT molecular complexity index is 867. The normalized spacial score (nSPS) is 28.4. The van der Waals surface area contributed by atoms with Gasteiger partial charge < -0.3 is 19.6 Å². The Kier molecular flexibility index (Phi) is 5.27. The van der Waals surface area contributed by atoms with Crippen molar-refractivity contribution in [3.63, 3.8) is 0 Å². The van der Waals surface area contributed by atoms with Gasteiger partial charge in [0.15, 0.2) is 0 Å². The zero-order valence-corrected chi connectivity index (χ0v) is 18.1. The highest BCUT2D eigenvalue weighted by atomic mass is 16.2. The van der Waals surface area contributed by atoms with Gasteiger partial charge in [-0.2, -0.15) is 0 Å². The number of nitrogens with zero attached hydrogens (tertiary/aromatic N) is 6. The van der Waals surface area contributed by atoms with Crippen molar-refractivity contribution in [1.29, 1.82) is 0 Å². The summed E-state index contributed by atoms with van der Waals surface area (Å²) in [6.45, 7) is 6.17. The van der Waals surface area contributed by atoms with Crippen molar-refractivity contribution in [1.82, 2.24) is 29.6 Å². The van der Waals surface area contributed by atoms with E-state index in [1.165, 1.54) is 6.20 Å². The zero-order valence-electron chi connectivity index (χ0n) is 18.1. The molecule has 0 radical (unpaired) electrons. The third-order valence-electron chi connectivity index (χ3n) is 7.29. The number of urea groups is 1. The molecule has 4 fully saturated rings. The molecule has 0 aliphatic carbocycles.